The Morgan fingerprint density at radius 2 is 2.00 bits per heavy atom. The predicted octanol–water partition coefficient (Wildman–Crippen LogP) is -2.54. The molecule has 0 spiro atoms. The van der Waals surface area contributed by atoms with Gasteiger partial charge in [-0.25, -0.2) is 0 Å². The number of hydrogen-bond donors (Lipinski definition) is 0. The van der Waals surface area contributed by atoms with Crippen molar-refractivity contribution in [2.24, 2.45) is 5.92 Å². The van der Waals surface area contributed by atoms with E-state index in [0.29, 0.717) is 5.57 Å². The van der Waals surface area contributed by atoms with Gasteiger partial charge in [-0.1, -0.05) is 18.6 Å². The zero-order valence-electron chi connectivity index (χ0n) is 7.01. The Kier molecular flexibility index (Phi) is 7.42. The fourth-order valence-corrected chi connectivity index (χ4v) is 0.584. The van der Waals surface area contributed by atoms with Crippen LogP contribution in [0.25, 0.3) is 0 Å². The Morgan fingerprint density at radius 3 is 2.09 bits per heavy atom. The molecule has 0 aromatic rings. The van der Waals surface area contributed by atoms with Crippen LogP contribution in [0.1, 0.15) is 13.8 Å². The van der Waals surface area contributed by atoms with Crippen LogP contribution in [0.2, 0.25) is 0 Å². The second-order valence-electron chi connectivity index (χ2n) is 2.19. The maximum absolute atomic E-state index is 10.9. The molecule has 0 radical (unpaired) electrons. The molecule has 0 bridgehead atoms. The monoisotopic (exact) mass is 180 g/mol. The summed E-state index contributed by atoms with van der Waals surface area (Å²) in [6.07, 6.45) is 0. The number of rotatable bonds is 3. The Morgan fingerprint density at radius 1 is 1.64 bits per heavy atom. The third-order valence-corrected chi connectivity index (χ3v) is 1.52. The summed E-state index contributed by atoms with van der Waals surface area (Å²) in [6.45, 7) is 6.47. The van der Waals surface area contributed by atoms with Gasteiger partial charge in [-0.2, -0.15) is 0 Å². The molecule has 0 N–H and O–H groups in total. The molecular formula is C7H9NaO2S. The molecule has 0 aromatic carbocycles. The maximum atomic E-state index is 10.9. The molecule has 0 saturated heterocycles. The van der Waals surface area contributed by atoms with Gasteiger partial charge in [-0.3, -0.25) is 4.79 Å². The van der Waals surface area contributed by atoms with Crippen LogP contribution in [0.5, 0.6) is 0 Å². The minimum Gasteiger partial charge on any atom is -0.867 e. The number of hydrogen-bond acceptors (Lipinski definition) is 3. The molecule has 1 unspecified atom stereocenters. The van der Waals surface area contributed by atoms with Gasteiger partial charge in [0.15, 0.2) is 5.78 Å². The van der Waals surface area contributed by atoms with Crippen LogP contribution in [0.3, 0.4) is 0 Å². The first kappa shape index (κ1) is 13.9. The molecule has 0 rings (SSSR count). The van der Waals surface area contributed by atoms with E-state index in [4.69, 9.17) is 0 Å². The molecule has 56 valence electrons. The van der Waals surface area contributed by atoms with Crippen molar-refractivity contribution < 1.29 is 39.5 Å². The van der Waals surface area contributed by atoms with Gasteiger partial charge in [0.05, 0.1) is 0 Å². The van der Waals surface area contributed by atoms with Crippen LogP contribution < -0.4 is 34.7 Å². The SMILES string of the molecule is C=C(C)C(=O)C(C)C([O-])=S.[Na+]. The van der Waals surface area contributed by atoms with Crippen LogP contribution in [0, 0.1) is 5.92 Å². The summed E-state index contributed by atoms with van der Waals surface area (Å²) >= 11 is 4.30. The first-order chi connectivity index (χ1) is 4.46. The predicted molar refractivity (Wildman–Crippen MR) is 41.6 cm³/mol. The molecule has 0 heterocycles. The maximum Gasteiger partial charge on any atom is 1.00 e. The average Bonchev–Trinajstić information content (AvgIpc) is 1.84. The summed E-state index contributed by atoms with van der Waals surface area (Å²) in [4.78, 5) is 10.9. The number of carbonyl (C=O) groups excluding carboxylic acids is 1. The van der Waals surface area contributed by atoms with Gasteiger partial charge in [0.2, 0.25) is 0 Å². The van der Waals surface area contributed by atoms with Crippen molar-refractivity contribution >= 4 is 23.1 Å². The van der Waals surface area contributed by atoms with Gasteiger partial charge in [0, 0.05) is 5.92 Å². The number of allylic oxidation sites excluding steroid dienone is 1. The number of thiocarbonyl (C=S) groups is 1. The van der Waals surface area contributed by atoms with E-state index < -0.39 is 11.0 Å². The Hall–Kier alpha value is 0.300. The standard InChI is InChI=1S/C7H10O2S.Na/c1-4(2)6(8)5(3)7(9)10;/h5H,1H2,2-3H3,(H,9,10);/q;+1/p-1. The van der Waals surface area contributed by atoms with E-state index in [-0.39, 0.29) is 35.3 Å². The number of ketones is 1. The Bertz CT molecular complexity index is 189. The minimum atomic E-state index is -0.701. The van der Waals surface area contributed by atoms with Crippen molar-refractivity contribution in [3.05, 3.63) is 12.2 Å². The van der Waals surface area contributed by atoms with E-state index in [1.54, 1.807) is 6.92 Å². The van der Waals surface area contributed by atoms with Crippen LogP contribution in [0.15, 0.2) is 12.2 Å². The van der Waals surface area contributed by atoms with Crippen LogP contribution in [0.4, 0.5) is 0 Å². The quantitative estimate of drug-likeness (QED) is 0.273. The normalized spacial score (nSPS) is 11.1. The van der Waals surface area contributed by atoms with Gasteiger partial charge in [0.25, 0.3) is 0 Å². The van der Waals surface area contributed by atoms with E-state index in [0.717, 1.165) is 0 Å². The number of carbonyl (C=O) groups is 1. The van der Waals surface area contributed by atoms with E-state index in [9.17, 15) is 9.90 Å². The fraction of sp³-hybridized carbons (Fsp3) is 0.429. The summed E-state index contributed by atoms with van der Waals surface area (Å²) in [5, 5.41) is 9.92. The van der Waals surface area contributed by atoms with Gasteiger partial charge in [0.1, 0.15) is 0 Å². The molecule has 0 aromatic heterocycles. The van der Waals surface area contributed by atoms with Crippen molar-refractivity contribution in [1.29, 1.82) is 0 Å². The molecule has 0 aliphatic rings. The molecule has 0 aliphatic carbocycles. The van der Waals surface area contributed by atoms with Gasteiger partial charge < -0.3 is 5.11 Å². The van der Waals surface area contributed by atoms with Gasteiger partial charge in [-0.05, 0) is 12.5 Å². The molecule has 1 atom stereocenters. The third-order valence-electron chi connectivity index (χ3n) is 1.17. The molecule has 11 heavy (non-hydrogen) atoms. The summed E-state index contributed by atoms with van der Waals surface area (Å²) in [7, 11) is 0. The van der Waals surface area contributed by atoms with Gasteiger partial charge >= 0.3 is 29.6 Å². The van der Waals surface area contributed by atoms with E-state index in [1.807, 2.05) is 0 Å². The van der Waals surface area contributed by atoms with E-state index >= 15 is 0 Å². The van der Waals surface area contributed by atoms with Gasteiger partial charge in [-0.15, -0.1) is 12.2 Å². The van der Waals surface area contributed by atoms with E-state index in [2.05, 4.69) is 18.8 Å². The molecule has 0 aliphatic heterocycles. The van der Waals surface area contributed by atoms with Crippen molar-refractivity contribution in [2.75, 3.05) is 0 Å². The second-order valence-corrected chi connectivity index (χ2v) is 2.59. The van der Waals surface area contributed by atoms with Crippen molar-refractivity contribution in [2.45, 2.75) is 13.8 Å². The molecule has 0 fully saturated rings. The summed E-state index contributed by atoms with van der Waals surface area (Å²) in [6, 6.07) is 0. The van der Waals surface area contributed by atoms with Crippen molar-refractivity contribution in [3.63, 3.8) is 0 Å². The summed E-state index contributed by atoms with van der Waals surface area (Å²) < 4.78 is 0. The topological polar surface area (TPSA) is 40.1 Å². The summed E-state index contributed by atoms with van der Waals surface area (Å²) in [5.41, 5.74) is 0.380. The first-order valence-corrected chi connectivity index (χ1v) is 3.28. The fourth-order valence-electron chi connectivity index (χ4n) is 0.477. The summed E-state index contributed by atoms with van der Waals surface area (Å²) in [5.74, 6) is -0.965. The van der Waals surface area contributed by atoms with Crippen molar-refractivity contribution in [3.8, 4) is 0 Å². The second kappa shape index (κ2) is 5.89. The Balaban J connectivity index is 0. The first-order valence-electron chi connectivity index (χ1n) is 2.87. The molecule has 4 heteroatoms. The molecule has 0 saturated carbocycles. The zero-order chi connectivity index (χ0) is 8.31. The van der Waals surface area contributed by atoms with Crippen LogP contribution in [-0.2, 0) is 4.79 Å². The number of Topliss-reactive ketones (excluding diaryl/α,β-unsaturated/α-hetero) is 1. The largest absolute Gasteiger partial charge is 1.00 e. The smallest absolute Gasteiger partial charge is 0.867 e. The third kappa shape index (κ3) is 4.69. The van der Waals surface area contributed by atoms with Crippen LogP contribution >= 0.6 is 12.2 Å². The minimum absolute atomic E-state index is 0. The average molecular weight is 180 g/mol. The molecule has 2 nitrogen and oxygen atoms in total. The van der Waals surface area contributed by atoms with Crippen LogP contribution in [-0.4, -0.2) is 10.8 Å². The van der Waals surface area contributed by atoms with E-state index in [1.165, 1.54) is 6.92 Å². The zero-order valence-corrected chi connectivity index (χ0v) is 9.83. The Labute approximate surface area is 94.0 Å². The molecular weight excluding hydrogens is 171 g/mol. The van der Waals surface area contributed by atoms with Crippen molar-refractivity contribution in [1.82, 2.24) is 0 Å². The molecule has 0 amide bonds.